The van der Waals surface area contributed by atoms with Crippen LogP contribution in [-0.2, 0) is 0 Å². The van der Waals surface area contributed by atoms with Crippen LogP contribution in [0.1, 0.15) is 54.4 Å². The Labute approximate surface area is 123 Å². The van der Waals surface area contributed by atoms with Crippen LogP contribution in [0.2, 0.25) is 10.0 Å². The van der Waals surface area contributed by atoms with Crippen LogP contribution < -0.4 is 4.74 Å². The lowest BCUT2D eigenvalue weighted by atomic mass is 9.68. The Balaban J connectivity index is 2.25. The molecule has 4 heteroatoms. The van der Waals surface area contributed by atoms with Crippen molar-refractivity contribution in [2.75, 3.05) is 7.11 Å². The van der Waals surface area contributed by atoms with Crippen molar-refractivity contribution in [2.45, 2.75) is 38.5 Å². The van der Waals surface area contributed by atoms with Crippen molar-refractivity contribution >= 4 is 29.0 Å². The summed E-state index contributed by atoms with van der Waals surface area (Å²) in [6.45, 7) is 2.07. The molecule has 0 amide bonds. The minimum absolute atomic E-state index is 0.154. The molecule has 1 fully saturated rings. The number of carbonyl (C=O) groups excluding carboxylic acids is 1. The molecule has 1 saturated carbocycles. The number of Topliss-reactive ketones (excluding diaryl/α,β-unsaturated/α-hetero) is 1. The monoisotopic (exact) mass is 298 g/mol. The zero-order chi connectivity index (χ0) is 13.8. The van der Waals surface area contributed by atoms with Gasteiger partial charge in [-0.05, 0) is 30.4 Å². The van der Waals surface area contributed by atoms with Gasteiger partial charge >= 0.3 is 0 Å². The first kappa shape index (κ1) is 13.3. The number of hydrogen-bond donors (Lipinski definition) is 0. The summed E-state index contributed by atoms with van der Waals surface area (Å²) in [6, 6.07) is 1.91. The van der Waals surface area contributed by atoms with Gasteiger partial charge in [-0.15, -0.1) is 0 Å². The summed E-state index contributed by atoms with van der Waals surface area (Å²) in [5, 5.41) is 0.704. The Morgan fingerprint density at radius 1 is 1.32 bits per heavy atom. The van der Waals surface area contributed by atoms with Crippen LogP contribution in [0.5, 0.6) is 5.75 Å². The number of benzene rings is 1. The van der Waals surface area contributed by atoms with Gasteiger partial charge in [0.2, 0.25) is 0 Å². The normalized spacial score (nSPS) is 29.1. The van der Waals surface area contributed by atoms with Gasteiger partial charge in [-0.3, -0.25) is 4.79 Å². The van der Waals surface area contributed by atoms with Gasteiger partial charge in [0.1, 0.15) is 10.8 Å². The number of hydrogen-bond acceptors (Lipinski definition) is 2. The third-order valence-electron chi connectivity index (χ3n) is 4.75. The van der Waals surface area contributed by atoms with E-state index in [9.17, 15) is 4.79 Å². The molecule has 2 aliphatic carbocycles. The number of halogens is 2. The average Bonchev–Trinajstić information content (AvgIpc) is 2.63. The molecule has 2 aliphatic rings. The predicted octanol–water partition coefficient (Wildman–Crippen LogP) is 4.86. The van der Waals surface area contributed by atoms with E-state index in [4.69, 9.17) is 27.9 Å². The van der Waals surface area contributed by atoms with Crippen molar-refractivity contribution in [3.63, 3.8) is 0 Å². The van der Waals surface area contributed by atoms with Crippen molar-refractivity contribution in [3.05, 3.63) is 27.2 Å². The summed E-state index contributed by atoms with van der Waals surface area (Å²) in [5.74, 6) is 0.974. The van der Waals surface area contributed by atoms with Crippen LogP contribution >= 0.6 is 23.2 Å². The highest BCUT2D eigenvalue weighted by atomic mass is 35.5. The Morgan fingerprint density at radius 2 is 2.05 bits per heavy atom. The first-order valence-corrected chi connectivity index (χ1v) is 7.37. The summed E-state index contributed by atoms with van der Waals surface area (Å²) in [7, 11) is 1.57. The van der Waals surface area contributed by atoms with Gasteiger partial charge in [0, 0.05) is 11.0 Å². The summed E-state index contributed by atoms with van der Waals surface area (Å²) in [6.07, 6.45) is 4.24. The number of methoxy groups -OCH3 is 1. The fourth-order valence-electron chi connectivity index (χ4n) is 3.67. The van der Waals surface area contributed by atoms with Crippen molar-refractivity contribution in [1.29, 1.82) is 0 Å². The van der Waals surface area contributed by atoms with Gasteiger partial charge in [-0.1, -0.05) is 43.0 Å². The number of carbonyl (C=O) groups is 1. The molecular formula is C15H16Cl2O2. The quantitative estimate of drug-likeness (QED) is 0.740. The second kappa shape index (κ2) is 4.39. The van der Waals surface area contributed by atoms with Gasteiger partial charge in [-0.2, -0.15) is 0 Å². The fraction of sp³-hybridized carbons (Fsp3) is 0.533. The highest BCUT2D eigenvalue weighted by molar-refractivity contribution is 6.45. The molecule has 102 valence electrons. The number of fused-ring (bicyclic) bond motifs is 3. The van der Waals surface area contributed by atoms with Gasteiger partial charge in [0.15, 0.2) is 5.78 Å². The van der Waals surface area contributed by atoms with E-state index < -0.39 is 0 Å². The van der Waals surface area contributed by atoms with E-state index in [0.717, 1.165) is 31.2 Å². The molecular weight excluding hydrogens is 283 g/mol. The first-order chi connectivity index (χ1) is 9.00. The van der Waals surface area contributed by atoms with E-state index >= 15 is 0 Å². The lowest BCUT2D eigenvalue weighted by Crippen LogP contribution is -2.30. The molecule has 19 heavy (non-hydrogen) atoms. The summed E-state index contributed by atoms with van der Waals surface area (Å²) >= 11 is 12.5. The molecule has 0 aliphatic heterocycles. The molecule has 0 unspecified atom stereocenters. The SMILES string of the molecule is COc1cc2c(c(Cl)c1Cl)C(=O)[C@]1(C)CCCC[C@@H]21. The van der Waals surface area contributed by atoms with E-state index in [1.807, 2.05) is 6.07 Å². The zero-order valence-corrected chi connectivity index (χ0v) is 12.6. The molecule has 1 aromatic carbocycles. The van der Waals surface area contributed by atoms with Crippen molar-refractivity contribution < 1.29 is 9.53 Å². The molecule has 0 aromatic heterocycles. The van der Waals surface area contributed by atoms with Crippen molar-refractivity contribution in [1.82, 2.24) is 0 Å². The fourth-order valence-corrected chi connectivity index (χ4v) is 4.18. The van der Waals surface area contributed by atoms with E-state index in [1.54, 1.807) is 7.11 Å². The maximum Gasteiger partial charge on any atom is 0.171 e. The molecule has 2 nitrogen and oxygen atoms in total. The number of ether oxygens (including phenoxy) is 1. The van der Waals surface area contributed by atoms with Crippen LogP contribution in [0, 0.1) is 5.41 Å². The summed E-state index contributed by atoms with van der Waals surface area (Å²) in [4.78, 5) is 12.7. The largest absolute Gasteiger partial charge is 0.495 e. The predicted molar refractivity (Wildman–Crippen MR) is 76.7 cm³/mol. The maximum atomic E-state index is 12.7. The minimum Gasteiger partial charge on any atom is -0.495 e. The third-order valence-corrected chi connectivity index (χ3v) is 5.60. The smallest absolute Gasteiger partial charge is 0.171 e. The topological polar surface area (TPSA) is 26.3 Å². The molecule has 0 radical (unpaired) electrons. The van der Waals surface area contributed by atoms with Crippen LogP contribution in [-0.4, -0.2) is 12.9 Å². The highest BCUT2D eigenvalue weighted by Crippen LogP contribution is 2.58. The van der Waals surface area contributed by atoms with Gasteiger partial charge in [0.25, 0.3) is 0 Å². The van der Waals surface area contributed by atoms with E-state index in [1.165, 1.54) is 0 Å². The molecule has 0 bridgehead atoms. The molecule has 0 N–H and O–H groups in total. The van der Waals surface area contributed by atoms with E-state index in [0.29, 0.717) is 21.4 Å². The van der Waals surface area contributed by atoms with E-state index in [2.05, 4.69) is 6.92 Å². The summed E-state index contributed by atoms with van der Waals surface area (Å²) < 4.78 is 5.27. The molecule has 0 spiro atoms. The number of rotatable bonds is 1. The number of ketones is 1. The minimum atomic E-state index is -0.306. The molecule has 1 aromatic rings. The standard InChI is InChI=1S/C15H16Cl2O2/c1-15-6-4-3-5-9(15)8-7-10(19-2)12(16)13(17)11(8)14(15)18/h7,9H,3-6H2,1-2H3/t9-,15+/m0/s1. The van der Waals surface area contributed by atoms with Crippen LogP contribution in [0.4, 0.5) is 0 Å². The van der Waals surface area contributed by atoms with Crippen molar-refractivity contribution in [2.24, 2.45) is 5.41 Å². The Kier molecular flexibility index (Phi) is 3.06. The molecule has 0 saturated heterocycles. The lowest BCUT2D eigenvalue weighted by Gasteiger charge is -2.34. The van der Waals surface area contributed by atoms with Crippen molar-refractivity contribution in [3.8, 4) is 5.75 Å². The Hall–Kier alpha value is -0.730. The van der Waals surface area contributed by atoms with Gasteiger partial charge < -0.3 is 4.74 Å². The second-order valence-electron chi connectivity index (χ2n) is 5.72. The Bertz CT molecular complexity index is 568. The first-order valence-electron chi connectivity index (χ1n) is 6.61. The van der Waals surface area contributed by atoms with Crippen LogP contribution in [0.3, 0.4) is 0 Å². The average molecular weight is 299 g/mol. The van der Waals surface area contributed by atoms with Gasteiger partial charge in [-0.25, -0.2) is 0 Å². The lowest BCUT2D eigenvalue weighted by molar-refractivity contribution is 0.0748. The zero-order valence-electron chi connectivity index (χ0n) is 11.1. The maximum absolute atomic E-state index is 12.7. The van der Waals surface area contributed by atoms with Crippen LogP contribution in [0.15, 0.2) is 6.07 Å². The molecule has 0 heterocycles. The second-order valence-corrected chi connectivity index (χ2v) is 6.47. The Morgan fingerprint density at radius 3 is 2.74 bits per heavy atom. The molecule has 3 rings (SSSR count). The molecule has 2 atom stereocenters. The highest BCUT2D eigenvalue weighted by Gasteiger charge is 2.51. The van der Waals surface area contributed by atoms with Crippen LogP contribution in [0.25, 0.3) is 0 Å². The summed E-state index contributed by atoms with van der Waals surface area (Å²) in [5.41, 5.74) is 1.35. The third kappa shape index (κ3) is 1.66. The van der Waals surface area contributed by atoms with Gasteiger partial charge in [0.05, 0.1) is 12.1 Å². The van der Waals surface area contributed by atoms with E-state index in [-0.39, 0.29) is 17.1 Å².